The van der Waals surface area contributed by atoms with E-state index in [2.05, 4.69) is 10.3 Å². The molecule has 0 aliphatic heterocycles. The number of aryl methyl sites for hydroxylation is 1. The number of amides is 1. The van der Waals surface area contributed by atoms with Crippen molar-refractivity contribution in [3.05, 3.63) is 62.0 Å². The summed E-state index contributed by atoms with van der Waals surface area (Å²) in [4.78, 5) is 41.1. The Morgan fingerprint density at radius 1 is 1.19 bits per heavy atom. The number of carbonyl (C=O) groups is 1. The fraction of sp³-hybridized carbons (Fsp3) is 0.333. The Balaban J connectivity index is 1.87. The van der Waals surface area contributed by atoms with Gasteiger partial charge in [0.25, 0.3) is 5.56 Å². The van der Waals surface area contributed by atoms with Crippen molar-refractivity contribution >= 4 is 28.7 Å². The van der Waals surface area contributed by atoms with Gasteiger partial charge in [0, 0.05) is 19.1 Å². The number of aromatic nitrogens is 4. The Hall–Kier alpha value is -2.87. The Labute approximate surface area is 160 Å². The topological polar surface area (TPSA) is 90.9 Å². The highest BCUT2D eigenvalue weighted by Crippen LogP contribution is 2.19. The molecule has 0 radical (unpaired) electrons. The van der Waals surface area contributed by atoms with E-state index in [1.165, 1.54) is 29.6 Å². The van der Waals surface area contributed by atoms with E-state index in [9.17, 15) is 14.4 Å². The summed E-state index contributed by atoms with van der Waals surface area (Å²) < 4.78 is 3.75. The summed E-state index contributed by atoms with van der Waals surface area (Å²) in [5, 5.41) is 3.59. The molecule has 1 atom stereocenters. The molecule has 27 heavy (non-hydrogen) atoms. The minimum atomic E-state index is -0.483. The number of fused-ring (bicyclic) bond motifs is 1. The molecule has 1 unspecified atom stereocenters. The molecule has 8 nitrogen and oxygen atoms in total. The van der Waals surface area contributed by atoms with Gasteiger partial charge in [-0.1, -0.05) is 30.7 Å². The van der Waals surface area contributed by atoms with Crippen molar-refractivity contribution in [2.24, 2.45) is 14.1 Å². The van der Waals surface area contributed by atoms with Crippen LogP contribution in [0.4, 0.5) is 0 Å². The Morgan fingerprint density at radius 2 is 1.85 bits per heavy atom. The van der Waals surface area contributed by atoms with E-state index in [1.54, 1.807) is 12.1 Å². The predicted molar refractivity (Wildman–Crippen MR) is 103 cm³/mol. The molecule has 3 aromatic rings. The molecule has 0 saturated heterocycles. The molecule has 1 amide bonds. The molecule has 2 heterocycles. The Bertz CT molecular complexity index is 1110. The molecule has 3 rings (SSSR count). The summed E-state index contributed by atoms with van der Waals surface area (Å²) in [7, 11) is 2.93. The van der Waals surface area contributed by atoms with Gasteiger partial charge in [0.15, 0.2) is 11.2 Å². The minimum absolute atomic E-state index is 0.0754. The van der Waals surface area contributed by atoms with Crippen LogP contribution in [-0.2, 0) is 25.4 Å². The summed E-state index contributed by atoms with van der Waals surface area (Å²) in [5.74, 6) is -0.257. The smallest absolute Gasteiger partial charge is 0.332 e. The second-order valence-electron chi connectivity index (χ2n) is 6.33. The number of rotatable bonds is 5. The highest BCUT2D eigenvalue weighted by Gasteiger charge is 2.18. The van der Waals surface area contributed by atoms with Gasteiger partial charge in [-0.05, 0) is 24.1 Å². The first-order valence-electron chi connectivity index (χ1n) is 8.49. The summed E-state index contributed by atoms with van der Waals surface area (Å²) >= 11 is 5.91. The van der Waals surface area contributed by atoms with Gasteiger partial charge in [-0.2, -0.15) is 0 Å². The number of halogens is 1. The lowest BCUT2D eigenvalue weighted by atomic mass is 10.0. The molecule has 0 saturated carbocycles. The normalized spacial score (nSPS) is 12.3. The zero-order valence-electron chi connectivity index (χ0n) is 15.3. The fourth-order valence-corrected chi connectivity index (χ4v) is 3.15. The maximum Gasteiger partial charge on any atom is 0.332 e. The average Bonchev–Trinajstić information content (AvgIpc) is 3.07. The van der Waals surface area contributed by atoms with Crippen molar-refractivity contribution in [1.82, 2.24) is 24.0 Å². The Kier molecular flexibility index (Phi) is 5.18. The number of hydrogen-bond acceptors (Lipinski definition) is 4. The minimum Gasteiger partial charge on any atom is -0.348 e. The summed E-state index contributed by atoms with van der Waals surface area (Å²) in [6.45, 7) is 1.89. The van der Waals surface area contributed by atoms with E-state index in [-0.39, 0.29) is 29.7 Å². The highest BCUT2D eigenvalue weighted by molar-refractivity contribution is 6.30. The van der Waals surface area contributed by atoms with Crippen molar-refractivity contribution in [1.29, 1.82) is 0 Å². The number of carbonyl (C=O) groups excluding carboxylic acids is 1. The third-order valence-corrected chi connectivity index (χ3v) is 4.80. The molecule has 0 bridgehead atoms. The van der Waals surface area contributed by atoms with Crippen molar-refractivity contribution in [3.63, 3.8) is 0 Å². The number of hydrogen-bond donors (Lipinski definition) is 1. The maximum atomic E-state index is 12.5. The largest absolute Gasteiger partial charge is 0.348 e. The van der Waals surface area contributed by atoms with Crippen LogP contribution in [0, 0.1) is 0 Å². The van der Waals surface area contributed by atoms with Crippen LogP contribution < -0.4 is 16.6 Å². The first kappa shape index (κ1) is 18.9. The molecular formula is C18H20ClN5O3. The van der Waals surface area contributed by atoms with Crippen LogP contribution in [-0.4, -0.2) is 24.6 Å². The maximum absolute atomic E-state index is 12.5. The van der Waals surface area contributed by atoms with Crippen molar-refractivity contribution in [2.45, 2.75) is 25.9 Å². The SMILES string of the molecule is CCC(NC(=O)Cn1cnc2c1c(=O)n(C)c(=O)n2C)c1ccc(Cl)cc1. The average molecular weight is 390 g/mol. The monoisotopic (exact) mass is 389 g/mol. The van der Waals surface area contributed by atoms with Gasteiger partial charge in [0.05, 0.1) is 12.4 Å². The standard InChI is InChI=1S/C18H20ClN5O3/c1-4-13(11-5-7-12(19)8-6-11)21-14(25)9-24-10-20-16-15(24)17(26)23(3)18(27)22(16)2/h5-8,10,13H,4,9H2,1-3H3,(H,21,25). The quantitative estimate of drug-likeness (QED) is 0.713. The van der Waals surface area contributed by atoms with E-state index < -0.39 is 11.2 Å². The van der Waals surface area contributed by atoms with Crippen LogP contribution in [0.15, 0.2) is 40.2 Å². The first-order chi connectivity index (χ1) is 12.8. The number of imidazole rings is 1. The second kappa shape index (κ2) is 7.40. The fourth-order valence-electron chi connectivity index (χ4n) is 3.03. The first-order valence-corrected chi connectivity index (χ1v) is 8.87. The van der Waals surface area contributed by atoms with E-state index in [0.717, 1.165) is 10.1 Å². The lowest BCUT2D eigenvalue weighted by molar-refractivity contribution is -0.122. The summed E-state index contributed by atoms with van der Waals surface area (Å²) in [6.07, 6.45) is 2.10. The second-order valence-corrected chi connectivity index (χ2v) is 6.77. The van der Waals surface area contributed by atoms with Crippen molar-refractivity contribution in [3.8, 4) is 0 Å². The van der Waals surface area contributed by atoms with Gasteiger partial charge in [-0.15, -0.1) is 0 Å². The number of nitrogens with zero attached hydrogens (tertiary/aromatic N) is 4. The molecule has 9 heteroatoms. The van der Waals surface area contributed by atoms with Crippen LogP contribution in [0.5, 0.6) is 0 Å². The lowest BCUT2D eigenvalue weighted by Crippen LogP contribution is -2.38. The molecule has 1 aromatic carbocycles. The molecule has 142 valence electrons. The summed E-state index contributed by atoms with van der Waals surface area (Å²) in [5.41, 5.74) is 0.470. The van der Waals surface area contributed by atoms with Gasteiger partial charge in [0.1, 0.15) is 6.54 Å². The van der Waals surface area contributed by atoms with Crippen LogP contribution >= 0.6 is 11.6 Å². The molecule has 0 spiro atoms. The molecule has 0 aliphatic carbocycles. The molecule has 0 fully saturated rings. The lowest BCUT2D eigenvalue weighted by Gasteiger charge is -2.18. The highest BCUT2D eigenvalue weighted by atomic mass is 35.5. The third-order valence-electron chi connectivity index (χ3n) is 4.55. The summed E-state index contributed by atoms with van der Waals surface area (Å²) in [6, 6.07) is 7.12. The predicted octanol–water partition coefficient (Wildman–Crippen LogP) is 1.35. The van der Waals surface area contributed by atoms with E-state index >= 15 is 0 Å². The van der Waals surface area contributed by atoms with E-state index in [4.69, 9.17) is 11.6 Å². The van der Waals surface area contributed by atoms with Gasteiger partial charge < -0.3 is 9.88 Å². The Morgan fingerprint density at radius 3 is 2.48 bits per heavy atom. The van der Waals surface area contributed by atoms with Crippen molar-refractivity contribution < 1.29 is 4.79 Å². The molecule has 1 N–H and O–H groups in total. The van der Waals surface area contributed by atoms with Crippen LogP contribution in [0.3, 0.4) is 0 Å². The number of benzene rings is 1. The molecular weight excluding hydrogens is 370 g/mol. The molecule has 2 aromatic heterocycles. The van der Waals surface area contributed by atoms with E-state index in [1.807, 2.05) is 19.1 Å². The van der Waals surface area contributed by atoms with Crippen molar-refractivity contribution in [2.75, 3.05) is 0 Å². The van der Waals surface area contributed by atoms with Crippen LogP contribution in [0.1, 0.15) is 24.9 Å². The van der Waals surface area contributed by atoms with Crippen LogP contribution in [0.25, 0.3) is 11.2 Å². The number of nitrogens with one attached hydrogen (secondary N) is 1. The van der Waals surface area contributed by atoms with Gasteiger partial charge in [0.2, 0.25) is 5.91 Å². The van der Waals surface area contributed by atoms with Crippen LogP contribution in [0.2, 0.25) is 5.02 Å². The van der Waals surface area contributed by atoms with Gasteiger partial charge in [-0.25, -0.2) is 9.78 Å². The third kappa shape index (κ3) is 3.52. The van der Waals surface area contributed by atoms with E-state index in [0.29, 0.717) is 11.4 Å². The van der Waals surface area contributed by atoms with Gasteiger partial charge >= 0.3 is 5.69 Å². The molecule has 0 aliphatic rings. The zero-order valence-corrected chi connectivity index (χ0v) is 16.0. The zero-order chi connectivity index (χ0) is 19.7. The van der Waals surface area contributed by atoms with Gasteiger partial charge in [-0.3, -0.25) is 18.7 Å².